The second kappa shape index (κ2) is 7.53. The molecule has 1 aliphatic carbocycles. The van der Waals surface area contributed by atoms with Crippen LogP contribution in [0.3, 0.4) is 0 Å². The summed E-state index contributed by atoms with van der Waals surface area (Å²) in [6, 6.07) is 0. The van der Waals surface area contributed by atoms with Gasteiger partial charge in [-0.1, -0.05) is 53.9 Å². The number of hydrogen-bond acceptors (Lipinski definition) is 1. The lowest BCUT2D eigenvalue weighted by atomic mass is 9.64. The van der Waals surface area contributed by atoms with Gasteiger partial charge < -0.3 is 5.32 Å². The van der Waals surface area contributed by atoms with Crippen LogP contribution in [0, 0.1) is 23.2 Å². The van der Waals surface area contributed by atoms with Crippen LogP contribution in [0.1, 0.15) is 73.1 Å². The van der Waals surface area contributed by atoms with E-state index >= 15 is 0 Å². The van der Waals surface area contributed by atoms with E-state index in [1.807, 2.05) is 0 Å². The molecule has 0 spiro atoms. The molecule has 1 rings (SSSR count). The van der Waals surface area contributed by atoms with Crippen LogP contribution < -0.4 is 5.32 Å². The normalized spacial score (nSPS) is 29.5. The minimum absolute atomic E-state index is 0.508. The highest BCUT2D eigenvalue weighted by Gasteiger charge is 2.35. The van der Waals surface area contributed by atoms with Crippen LogP contribution in [0.15, 0.2) is 0 Å². The van der Waals surface area contributed by atoms with Crippen molar-refractivity contribution in [3.63, 3.8) is 0 Å². The molecule has 0 aliphatic heterocycles. The molecule has 1 heteroatoms. The van der Waals surface area contributed by atoms with Gasteiger partial charge in [0.25, 0.3) is 0 Å². The fourth-order valence-corrected chi connectivity index (χ4v) is 3.53. The third-order valence-electron chi connectivity index (χ3n) is 4.95. The van der Waals surface area contributed by atoms with Crippen LogP contribution in [-0.4, -0.2) is 13.1 Å². The Balaban J connectivity index is 2.54. The van der Waals surface area contributed by atoms with Crippen LogP contribution in [0.4, 0.5) is 0 Å². The maximum absolute atomic E-state index is 3.58. The molecular weight excluding hydrogens is 218 g/mol. The molecule has 1 fully saturated rings. The Hall–Kier alpha value is -0.0400. The maximum Gasteiger partial charge on any atom is -0.00180 e. The molecule has 1 saturated carbocycles. The first kappa shape index (κ1) is 16.0. The van der Waals surface area contributed by atoms with Crippen molar-refractivity contribution in [1.29, 1.82) is 0 Å². The molecule has 0 bridgehead atoms. The van der Waals surface area contributed by atoms with Gasteiger partial charge in [0, 0.05) is 0 Å². The minimum atomic E-state index is 0.508. The van der Waals surface area contributed by atoms with E-state index in [0.29, 0.717) is 5.41 Å². The Labute approximate surface area is 115 Å². The van der Waals surface area contributed by atoms with Gasteiger partial charge in [0.15, 0.2) is 0 Å². The average molecular weight is 253 g/mol. The molecule has 0 saturated heterocycles. The zero-order valence-electron chi connectivity index (χ0n) is 13.4. The first-order valence-electron chi connectivity index (χ1n) is 8.19. The lowest BCUT2D eigenvalue weighted by molar-refractivity contribution is 0.0915. The molecule has 0 aromatic carbocycles. The summed E-state index contributed by atoms with van der Waals surface area (Å²) in [5.74, 6) is 2.86. The fourth-order valence-electron chi connectivity index (χ4n) is 3.53. The van der Waals surface area contributed by atoms with Gasteiger partial charge in [-0.25, -0.2) is 0 Å². The van der Waals surface area contributed by atoms with Gasteiger partial charge in [-0.15, -0.1) is 0 Å². The lowest BCUT2D eigenvalue weighted by Crippen LogP contribution is -2.36. The topological polar surface area (TPSA) is 12.0 Å². The van der Waals surface area contributed by atoms with Gasteiger partial charge in [0.2, 0.25) is 0 Å². The van der Waals surface area contributed by atoms with Crippen molar-refractivity contribution in [3.05, 3.63) is 0 Å². The van der Waals surface area contributed by atoms with Crippen LogP contribution in [0.5, 0.6) is 0 Å². The summed E-state index contributed by atoms with van der Waals surface area (Å²) in [5.41, 5.74) is 0.508. The SMILES string of the molecule is CCCCC1CC(C(C)(C)C)CCC1CNCC. The number of rotatable bonds is 6. The van der Waals surface area contributed by atoms with E-state index in [1.54, 1.807) is 0 Å². The summed E-state index contributed by atoms with van der Waals surface area (Å²) in [6.07, 6.45) is 8.60. The maximum atomic E-state index is 3.58. The number of hydrogen-bond donors (Lipinski definition) is 1. The second-order valence-electron chi connectivity index (χ2n) is 7.35. The highest BCUT2D eigenvalue weighted by atomic mass is 14.8. The Kier molecular flexibility index (Phi) is 6.70. The van der Waals surface area contributed by atoms with E-state index < -0.39 is 0 Å². The molecule has 0 aromatic rings. The summed E-state index contributed by atoms with van der Waals surface area (Å²) in [5, 5.41) is 3.58. The van der Waals surface area contributed by atoms with Crippen molar-refractivity contribution < 1.29 is 0 Å². The van der Waals surface area contributed by atoms with Gasteiger partial charge in [-0.2, -0.15) is 0 Å². The first-order valence-corrected chi connectivity index (χ1v) is 8.19. The second-order valence-corrected chi connectivity index (χ2v) is 7.35. The van der Waals surface area contributed by atoms with Crippen molar-refractivity contribution in [3.8, 4) is 0 Å². The molecule has 0 radical (unpaired) electrons. The third kappa shape index (κ3) is 4.91. The van der Waals surface area contributed by atoms with E-state index in [4.69, 9.17) is 0 Å². The smallest absolute Gasteiger partial charge is 0.00180 e. The Morgan fingerprint density at radius 2 is 1.78 bits per heavy atom. The molecule has 1 aliphatic rings. The summed E-state index contributed by atoms with van der Waals surface area (Å²) < 4.78 is 0. The van der Waals surface area contributed by atoms with Gasteiger partial charge in [-0.05, 0) is 55.5 Å². The van der Waals surface area contributed by atoms with Crippen molar-refractivity contribution >= 4 is 0 Å². The highest BCUT2D eigenvalue weighted by molar-refractivity contribution is 4.86. The standard InChI is InChI=1S/C17H35N/c1-6-8-9-14-12-16(17(3,4)5)11-10-15(14)13-18-7-2/h14-16,18H,6-13H2,1-5H3. The summed E-state index contributed by atoms with van der Waals surface area (Å²) in [4.78, 5) is 0. The number of nitrogens with one attached hydrogen (secondary N) is 1. The minimum Gasteiger partial charge on any atom is -0.317 e. The first-order chi connectivity index (χ1) is 8.49. The molecule has 3 unspecified atom stereocenters. The fraction of sp³-hybridized carbons (Fsp3) is 1.00. The predicted octanol–water partition coefficient (Wildman–Crippen LogP) is 4.86. The van der Waals surface area contributed by atoms with Crippen LogP contribution in [0.2, 0.25) is 0 Å². The molecule has 18 heavy (non-hydrogen) atoms. The molecule has 1 N–H and O–H groups in total. The Morgan fingerprint density at radius 3 is 2.33 bits per heavy atom. The van der Waals surface area contributed by atoms with E-state index in [9.17, 15) is 0 Å². The van der Waals surface area contributed by atoms with Gasteiger partial charge in [0.05, 0.1) is 0 Å². The van der Waals surface area contributed by atoms with E-state index in [2.05, 4.69) is 39.9 Å². The molecule has 0 heterocycles. The lowest BCUT2D eigenvalue weighted by Gasteiger charge is -2.42. The van der Waals surface area contributed by atoms with Crippen LogP contribution in [-0.2, 0) is 0 Å². The largest absolute Gasteiger partial charge is 0.317 e. The Bertz CT molecular complexity index is 216. The zero-order valence-corrected chi connectivity index (χ0v) is 13.4. The third-order valence-corrected chi connectivity index (χ3v) is 4.95. The van der Waals surface area contributed by atoms with Crippen LogP contribution >= 0.6 is 0 Å². The molecule has 0 aromatic heterocycles. The predicted molar refractivity (Wildman–Crippen MR) is 81.8 cm³/mol. The molecule has 3 atom stereocenters. The molecular formula is C17H35N. The molecule has 0 amide bonds. The van der Waals surface area contributed by atoms with Gasteiger partial charge >= 0.3 is 0 Å². The average Bonchev–Trinajstić information content (AvgIpc) is 2.33. The van der Waals surface area contributed by atoms with Crippen molar-refractivity contribution in [2.45, 2.75) is 73.1 Å². The van der Waals surface area contributed by atoms with Crippen molar-refractivity contribution in [1.82, 2.24) is 5.32 Å². The summed E-state index contributed by atoms with van der Waals surface area (Å²) in [7, 11) is 0. The molecule has 108 valence electrons. The van der Waals surface area contributed by atoms with Gasteiger partial charge in [0.1, 0.15) is 0 Å². The highest BCUT2D eigenvalue weighted by Crippen LogP contribution is 2.44. The van der Waals surface area contributed by atoms with E-state index in [1.165, 1.54) is 45.1 Å². The summed E-state index contributed by atoms with van der Waals surface area (Å²) in [6.45, 7) is 14.2. The molecule has 1 nitrogen and oxygen atoms in total. The van der Waals surface area contributed by atoms with E-state index in [-0.39, 0.29) is 0 Å². The summed E-state index contributed by atoms with van der Waals surface area (Å²) >= 11 is 0. The monoisotopic (exact) mass is 253 g/mol. The Morgan fingerprint density at radius 1 is 1.06 bits per heavy atom. The van der Waals surface area contributed by atoms with Crippen LogP contribution in [0.25, 0.3) is 0 Å². The zero-order chi connectivity index (χ0) is 13.6. The number of unbranched alkanes of at least 4 members (excludes halogenated alkanes) is 1. The van der Waals surface area contributed by atoms with Crippen molar-refractivity contribution in [2.75, 3.05) is 13.1 Å². The quantitative estimate of drug-likeness (QED) is 0.712. The van der Waals surface area contributed by atoms with E-state index in [0.717, 1.165) is 24.3 Å². The van der Waals surface area contributed by atoms with Gasteiger partial charge in [-0.3, -0.25) is 0 Å². The van der Waals surface area contributed by atoms with Crippen molar-refractivity contribution in [2.24, 2.45) is 23.2 Å².